The van der Waals surface area contributed by atoms with Crippen molar-refractivity contribution in [1.82, 2.24) is 4.98 Å². The minimum atomic E-state index is -1.10. The number of hydrogen-bond donors (Lipinski definition) is 0. The number of rotatable bonds is 3. The Morgan fingerprint density at radius 3 is 2.00 bits per heavy atom. The average Bonchev–Trinajstić information content (AvgIpc) is 2.44. The molecule has 2 nitrogen and oxygen atoms in total. The van der Waals surface area contributed by atoms with Crippen LogP contribution < -0.4 is 0 Å². The Labute approximate surface area is 118 Å². The van der Waals surface area contributed by atoms with Gasteiger partial charge in [-0.1, -0.05) is 36.4 Å². The third-order valence-corrected chi connectivity index (χ3v) is 4.91. The topological polar surface area (TPSA) is 30.0 Å². The molecule has 0 saturated heterocycles. The predicted molar refractivity (Wildman–Crippen MR) is 81.2 cm³/mol. The molecule has 0 aliphatic carbocycles. The maximum atomic E-state index is 12.5. The zero-order valence-corrected chi connectivity index (χ0v) is 11.7. The molecular formula is C15H12ClNOS. The second kappa shape index (κ2) is 5.27. The van der Waals surface area contributed by atoms with Crippen LogP contribution in [0.25, 0.3) is 21.8 Å². The number of nitrogens with zero attached hydrogens (tertiary/aromatic N) is 1. The van der Waals surface area contributed by atoms with Gasteiger partial charge in [-0.05, 0) is 12.1 Å². The molecule has 1 aromatic heterocycles. The van der Waals surface area contributed by atoms with Crippen molar-refractivity contribution in [2.75, 3.05) is 11.6 Å². The van der Waals surface area contributed by atoms with E-state index in [0.717, 1.165) is 26.7 Å². The Hall–Kier alpha value is -1.45. The highest BCUT2D eigenvalue weighted by molar-refractivity contribution is 7.85. The summed E-state index contributed by atoms with van der Waals surface area (Å²) in [5, 5.41) is 1.90. The van der Waals surface area contributed by atoms with Crippen molar-refractivity contribution < 1.29 is 4.21 Å². The molecule has 0 amide bonds. The SMILES string of the molecule is O=S(CCCl)c1c2ccccc2nc2ccccc12. The number of halogens is 1. The molecule has 0 spiro atoms. The number of aromatic nitrogens is 1. The van der Waals surface area contributed by atoms with Crippen LogP contribution in [0.15, 0.2) is 53.4 Å². The van der Waals surface area contributed by atoms with Crippen molar-refractivity contribution in [2.45, 2.75) is 4.90 Å². The molecule has 0 saturated carbocycles. The van der Waals surface area contributed by atoms with Gasteiger partial charge >= 0.3 is 0 Å². The number of hydrogen-bond acceptors (Lipinski definition) is 2. The summed E-state index contributed by atoms with van der Waals surface area (Å²) in [7, 11) is -1.10. The monoisotopic (exact) mass is 289 g/mol. The maximum absolute atomic E-state index is 12.5. The highest BCUT2D eigenvalue weighted by Gasteiger charge is 2.13. The lowest BCUT2D eigenvalue weighted by atomic mass is 10.1. The molecule has 0 aliphatic heterocycles. The van der Waals surface area contributed by atoms with E-state index in [1.165, 1.54) is 0 Å². The van der Waals surface area contributed by atoms with Crippen LogP contribution in [0.4, 0.5) is 0 Å². The minimum Gasteiger partial charge on any atom is -0.254 e. The van der Waals surface area contributed by atoms with Crippen LogP contribution in [0.2, 0.25) is 0 Å². The maximum Gasteiger partial charge on any atom is 0.0721 e. The van der Waals surface area contributed by atoms with Gasteiger partial charge in [-0.25, -0.2) is 4.98 Å². The largest absolute Gasteiger partial charge is 0.254 e. The van der Waals surface area contributed by atoms with Gasteiger partial charge in [-0.2, -0.15) is 0 Å². The van der Waals surface area contributed by atoms with Crippen LogP contribution in [0.1, 0.15) is 0 Å². The van der Waals surface area contributed by atoms with Gasteiger partial charge < -0.3 is 0 Å². The third-order valence-electron chi connectivity index (χ3n) is 3.03. The predicted octanol–water partition coefficient (Wildman–Crippen LogP) is 3.73. The molecule has 0 fully saturated rings. The smallest absolute Gasteiger partial charge is 0.0721 e. The lowest BCUT2D eigenvalue weighted by molar-refractivity contribution is 0.685. The van der Waals surface area contributed by atoms with Crippen LogP contribution in [-0.4, -0.2) is 20.8 Å². The van der Waals surface area contributed by atoms with Gasteiger partial charge in [0, 0.05) is 22.4 Å². The summed E-state index contributed by atoms with van der Waals surface area (Å²) in [6.07, 6.45) is 0. The zero-order chi connectivity index (χ0) is 13.2. The second-order valence-corrected chi connectivity index (χ2v) is 6.10. The van der Waals surface area contributed by atoms with Gasteiger partial charge in [0.25, 0.3) is 0 Å². The first kappa shape index (κ1) is 12.6. The fourth-order valence-corrected chi connectivity index (χ4v) is 3.82. The number of para-hydroxylation sites is 2. The van der Waals surface area contributed by atoms with Crippen molar-refractivity contribution in [3.8, 4) is 0 Å². The van der Waals surface area contributed by atoms with E-state index in [9.17, 15) is 4.21 Å². The number of fused-ring (bicyclic) bond motifs is 2. The van der Waals surface area contributed by atoms with Crippen LogP contribution in [-0.2, 0) is 10.8 Å². The fourth-order valence-electron chi connectivity index (χ4n) is 2.22. The molecule has 0 N–H and O–H groups in total. The standard InChI is InChI=1S/C15H12ClNOS/c16-9-10-19(18)15-11-5-1-3-7-13(11)17-14-8-4-2-6-12(14)15/h1-8H,9-10H2. The summed E-state index contributed by atoms with van der Waals surface area (Å²) in [5.74, 6) is 0.844. The van der Waals surface area contributed by atoms with Gasteiger partial charge in [0.05, 0.1) is 26.7 Å². The van der Waals surface area contributed by atoms with Gasteiger partial charge in [0.2, 0.25) is 0 Å². The highest BCUT2D eigenvalue weighted by atomic mass is 35.5. The summed E-state index contributed by atoms with van der Waals surface area (Å²) in [6.45, 7) is 0. The Balaban J connectivity index is 2.43. The fraction of sp³-hybridized carbons (Fsp3) is 0.133. The third kappa shape index (κ3) is 2.24. The Kier molecular flexibility index (Phi) is 3.49. The van der Waals surface area contributed by atoms with Gasteiger partial charge in [0.1, 0.15) is 0 Å². The first-order valence-electron chi connectivity index (χ1n) is 6.03. The lowest BCUT2D eigenvalue weighted by Gasteiger charge is -2.09. The molecule has 1 heterocycles. The summed E-state index contributed by atoms with van der Waals surface area (Å²) in [4.78, 5) is 5.46. The van der Waals surface area contributed by atoms with Crippen LogP contribution >= 0.6 is 11.6 Å². The number of pyridine rings is 1. The van der Waals surface area contributed by atoms with E-state index in [1.807, 2.05) is 48.5 Å². The Morgan fingerprint density at radius 2 is 1.47 bits per heavy atom. The normalized spacial score (nSPS) is 12.9. The minimum absolute atomic E-state index is 0.386. The molecule has 0 bridgehead atoms. The van der Waals surface area contributed by atoms with Crippen LogP contribution in [0.3, 0.4) is 0 Å². The van der Waals surface area contributed by atoms with E-state index in [4.69, 9.17) is 11.6 Å². The van der Waals surface area contributed by atoms with Crippen molar-refractivity contribution in [3.05, 3.63) is 48.5 Å². The van der Waals surface area contributed by atoms with Crippen molar-refractivity contribution >= 4 is 44.2 Å². The summed E-state index contributed by atoms with van der Waals surface area (Å²) in [6, 6.07) is 15.6. The molecule has 3 aromatic rings. The van der Waals surface area contributed by atoms with Crippen LogP contribution in [0.5, 0.6) is 0 Å². The number of benzene rings is 2. The average molecular weight is 290 g/mol. The first-order valence-corrected chi connectivity index (χ1v) is 7.88. The summed E-state index contributed by atoms with van der Waals surface area (Å²) in [5.41, 5.74) is 1.75. The van der Waals surface area contributed by atoms with E-state index < -0.39 is 10.8 Å². The zero-order valence-electron chi connectivity index (χ0n) is 10.2. The Bertz CT molecular complexity index is 718. The highest BCUT2D eigenvalue weighted by Crippen LogP contribution is 2.28. The molecule has 1 atom stereocenters. The molecular weight excluding hydrogens is 278 g/mol. The molecule has 0 radical (unpaired) electrons. The molecule has 19 heavy (non-hydrogen) atoms. The molecule has 1 unspecified atom stereocenters. The molecule has 3 rings (SSSR count). The van der Waals surface area contributed by atoms with Crippen molar-refractivity contribution in [1.29, 1.82) is 0 Å². The molecule has 0 aliphatic rings. The van der Waals surface area contributed by atoms with E-state index in [-0.39, 0.29) is 0 Å². The first-order chi connectivity index (χ1) is 9.31. The summed E-state index contributed by atoms with van der Waals surface area (Å²) >= 11 is 5.74. The van der Waals surface area contributed by atoms with Gasteiger partial charge in [0.15, 0.2) is 0 Å². The molecule has 2 aromatic carbocycles. The van der Waals surface area contributed by atoms with Gasteiger partial charge in [-0.15, -0.1) is 11.6 Å². The van der Waals surface area contributed by atoms with Crippen molar-refractivity contribution in [2.24, 2.45) is 0 Å². The number of alkyl halides is 1. The van der Waals surface area contributed by atoms with E-state index >= 15 is 0 Å². The van der Waals surface area contributed by atoms with Gasteiger partial charge in [-0.3, -0.25) is 4.21 Å². The Morgan fingerprint density at radius 1 is 0.947 bits per heavy atom. The van der Waals surface area contributed by atoms with Crippen molar-refractivity contribution in [3.63, 3.8) is 0 Å². The van der Waals surface area contributed by atoms with Crippen LogP contribution in [0, 0.1) is 0 Å². The second-order valence-electron chi connectivity index (χ2n) is 4.21. The quantitative estimate of drug-likeness (QED) is 0.543. The lowest BCUT2D eigenvalue weighted by Crippen LogP contribution is -2.02. The van der Waals surface area contributed by atoms with E-state index in [1.54, 1.807) is 0 Å². The van der Waals surface area contributed by atoms with E-state index in [2.05, 4.69) is 4.98 Å². The van der Waals surface area contributed by atoms with E-state index in [0.29, 0.717) is 11.6 Å². The summed E-state index contributed by atoms with van der Waals surface area (Å²) < 4.78 is 12.5. The molecule has 4 heteroatoms. The molecule has 96 valence electrons.